The highest BCUT2D eigenvalue weighted by Crippen LogP contribution is 2.14. The summed E-state index contributed by atoms with van der Waals surface area (Å²) >= 11 is 4.82. The van der Waals surface area contributed by atoms with Gasteiger partial charge >= 0.3 is 0 Å². The summed E-state index contributed by atoms with van der Waals surface area (Å²) in [4.78, 5) is 4.17. The van der Waals surface area contributed by atoms with E-state index >= 15 is 0 Å². The van der Waals surface area contributed by atoms with Gasteiger partial charge in [-0.15, -0.1) is 11.8 Å². The molecule has 0 aromatic heterocycles. The van der Waals surface area contributed by atoms with Crippen LogP contribution >= 0.6 is 27.7 Å². The lowest BCUT2D eigenvalue weighted by molar-refractivity contribution is 0.841. The molecule has 2 nitrogen and oxygen atoms in total. The van der Waals surface area contributed by atoms with Gasteiger partial charge in [-0.1, -0.05) is 0 Å². The monoisotopic (exact) mass is 236 g/mol. The Morgan fingerprint density at radius 3 is 2.55 bits per heavy atom. The third-order valence-corrected chi connectivity index (χ3v) is 2.50. The van der Waals surface area contributed by atoms with Crippen LogP contribution in [0, 0.1) is 0 Å². The molecule has 0 saturated heterocycles. The average molecular weight is 237 g/mol. The van der Waals surface area contributed by atoms with Crippen molar-refractivity contribution in [3.63, 3.8) is 0 Å². The number of halogens is 1. The third kappa shape index (κ3) is 5.32. The molecular formula is C7H13BrN2S. The van der Waals surface area contributed by atoms with Gasteiger partial charge in [0.2, 0.25) is 0 Å². The van der Waals surface area contributed by atoms with Crippen LogP contribution in [0.3, 0.4) is 0 Å². The van der Waals surface area contributed by atoms with Crippen LogP contribution in [-0.2, 0) is 0 Å². The number of nitrogens with zero attached hydrogens (tertiary/aromatic N) is 1. The van der Waals surface area contributed by atoms with Crippen LogP contribution in [0.1, 0.15) is 13.8 Å². The van der Waals surface area contributed by atoms with Crippen LogP contribution in [0.2, 0.25) is 0 Å². The van der Waals surface area contributed by atoms with Crippen molar-refractivity contribution in [2.75, 3.05) is 6.26 Å². The van der Waals surface area contributed by atoms with Crippen molar-refractivity contribution in [1.29, 1.82) is 0 Å². The van der Waals surface area contributed by atoms with Crippen LogP contribution < -0.4 is 5.73 Å². The highest BCUT2D eigenvalue weighted by molar-refractivity contribution is 9.12. The predicted octanol–water partition coefficient (Wildman–Crippen LogP) is 2.35. The van der Waals surface area contributed by atoms with E-state index in [-0.39, 0.29) is 0 Å². The smallest absolute Gasteiger partial charge is 0.0812 e. The largest absolute Gasteiger partial charge is 0.393 e. The number of hydrogen-bond donors (Lipinski definition) is 1. The van der Waals surface area contributed by atoms with Crippen molar-refractivity contribution in [2.24, 2.45) is 10.7 Å². The number of thioether (sulfide) groups is 1. The second-order valence-corrected chi connectivity index (χ2v) is 3.99. The van der Waals surface area contributed by atoms with E-state index < -0.39 is 0 Å². The summed E-state index contributed by atoms with van der Waals surface area (Å²) in [6, 6.07) is 0.317. The first-order chi connectivity index (χ1) is 5.07. The summed E-state index contributed by atoms with van der Waals surface area (Å²) in [7, 11) is 0. The summed E-state index contributed by atoms with van der Waals surface area (Å²) in [6.45, 7) is 4.04. The van der Waals surface area contributed by atoms with Gasteiger partial charge in [-0.25, -0.2) is 0 Å². The van der Waals surface area contributed by atoms with Crippen molar-refractivity contribution in [3.05, 3.63) is 9.51 Å². The topological polar surface area (TPSA) is 38.4 Å². The summed E-state index contributed by atoms with van der Waals surface area (Å²) in [5.41, 5.74) is 5.61. The zero-order valence-corrected chi connectivity index (χ0v) is 9.37. The second-order valence-electron chi connectivity index (χ2n) is 2.29. The number of aliphatic imine (C=N–C) groups is 1. The van der Waals surface area contributed by atoms with Gasteiger partial charge in [0.25, 0.3) is 0 Å². The molecular weight excluding hydrogens is 224 g/mol. The molecule has 0 atom stereocenters. The van der Waals surface area contributed by atoms with E-state index in [1.807, 2.05) is 20.1 Å². The van der Waals surface area contributed by atoms with Crippen molar-refractivity contribution < 1.29 is 0 Å². The molecule has 0 aromatic rings. The molecule has 0 aromatic carbocycles. The van der Waals surface area contributed by atoms with Gasteiger partial charge in [0.15, 0.2) is 0 Å². The molecule has 0 aliphatic heterocycles. The molecule has 2 N–H and O–H groups in total. The van der Waals surface area contributed by atoms with E-state index in [1.165, 1.54) is 11.8 Å². The summed E-state index contributed by atoms with van der Waals surface area (Å²) in [6.07, 6.45) is 3.68. The van der Waals surface area contributed by atoms with Crippen molar-refractivity contribution in [2.45, 2.75) is 19.9 Å². The summed E-state index contributed by atoms with van der Waals surface area (Å²) in [5.74, 6) is 0. The Hall–Kier alpha value is 0.0400. The first-order valence-electron chi connectivity index (χ1n) is 3.30. The third-order valence-electron chi connectivity index (χ3n) is 0.941. The van der Waals surface area contributed by atoms with E-state index in [0.717, 1.165) is 9.51 Å². The molecule has 0 heterocycles. The maximum Gasteiger partial charge on any atom is 0.0812 e. The van der Waals surface area contributed by atoms with Crippen molar-refractivity contribution >= 4 is 33.9 Å². The molecule has 0 fully saturated rings. The minimum Gasteiger partial charge on any atom is -0.393 e. The van der Waals surface area contributed by atoms with Gasteiger partial charge in [0.05, 0.1) is 9.51 Å². The molecule has 11 heavy (non-hydrogen) atoms. The molecule has 0 unspecified atom stereocenters. The standard InChI is InChI=1S/C7H13BrN2S/c1-5(2)10-4-6(8)7(9)11-3/h4-5H,9H2,1-3H3. The van der Waals surface area contributed by atoms with Gasteiger partial charge in [0, 0.05) is 12.3 Å². The van der Waals surface area contributed by atoms with E-state index in [1.54, 1.807) is 6.21 Å². The second kappa shape index (κ2) is 5.66. The maximum absolute atomic E-state index is 5.61. The Morgan fingerprint density at radius 1 is 1.64 bits per heavy atom. The lowest BCUT2D eigenvalue weighted by Crippen LogP contribution is -1.96. The first-order valence-corrected chi connectivity index (χ1v) is 5.32. The molecule has 4 heteroatoms. The van der Waals surface area contributed by atoms with E-state index in [2.05, 4.69) is 20.9 Å². The predicted molar refractivity (Wildman–Crippen MR) is 57.3 cm³/mol. The fourth-order valence-electron chi connectivity index (χ4n) is 0.376. The number of hydrogen-bond acceptors (Lipinski definition) is 3. The quantitative estimate of drug-likeness (QED) is 0.765. The van der Waals surface area contributed by atoms with Gasteiger partial charge < -0.3 is 5.73 Å². The number of allylic oxidation sites excluding steroid dienone is 1. The Labute approximate surface area is 80.5 Å². The highest BCUT2D eigenvalue weighted by Gasteiger charge is 1.94. The Kier molecular flexibility index (Phi) is 5.68. The fraction of sp³-hybridized carbons (Fsp3) is 0.571. The molecule has 0 spiro atoms. The van der Waals surface area contributed by atoms with Gasteiger partial charge in [-0.3, -0.25) is 4.99 Å². The molecule has 0 aliphatic carbocycles. The van der Waals surface area contributed by atoms with Crippen LogP contribution in [0.15, 0.2) is 14.5 Å². The van der Waals surface area contributed by atoms with E-state index in [0.29, 0.717) is 6.04 Å². The first kappa shape index (κ1) is 11.0. The highest BCUT2D eigenvalue weighted by atomic mass is 79.9. The maximum atomic E-state index is 5.61. The Balaban J connectivity index is 4.15. The SMILES string of the molecule is CSC(N)=C(Br)C=NC(C)C. The normalized spacial score (nSPS) is 14.3. The summed E-state index contributed by atoms with van der Waals surface area (Å²) in [5, 5.41) is 0.759. The van der Waals surface area contributed by atoms with Crippen LogP contribution in [0.4, 0.5) is 0 Å². The zero-order chi connectivity index (χ0) is 8.85. The molecule has 0 radical (unpaired) electrons. The molecule has 0 bridgehead atoms. The average Bonchev–Trinajstić information content (AvgIpc) is 1.98. The van der Waals surface area contributed by atoms with E-state index in [9.17, 15) is 0 Å². The van der Waals surface area contributed by atoms with Crippen molar-refractivity contribution in [1.82, 2.24) is 0 Å². The zero-order valence-electron chi connectivity index (χ0n) is 6.97. The van der Waals surface area contributed by atoms with Crippen LogP contribution in [0.5, 0.6) is 0 Å². The number of rotatable bonds is 3. The van der Waals surface area contributed by atoms with Crippen molar-refractivity contribution in [3.8, 4) is 0 Å². The lowest BCUT2D eigenvalue weighted by Gasteiger charge is -1.97. The van der Waals surface area contributed by atoms with Crippen LogP contribution in [-0.4, -0.2) is 18.5 Å². The summed E-state index contributed by atoms with van der Waals surface area (Å²) < 4.78 is 0.860. The minimum atomic E-state index is 0.317. The molecule has 0 amide bonds. The Morgan fingerprint density at radius 2 is 2.18 bits per heavy atom. The number of nitrogens with two attached hydrogens (primary N) is 1. The van der Waals surface area contributed by atoms with Gasteiger partial charge in [0.1, 0.15) is 0 Å². The van der Waals surface area contributed by atoms with Crippen LogP contribution in [0.25, 0.3) is 0 Å². The fourth-order valence-corrected chi connectivity index (χ4v) is 1.23. The van der Waals surface area contributed by atoms with E-state index in [4.69, 9.17) is 5.73 Å². The molecule has 0 aliphatic rings. The Bertz CT molecular complexity index is 175. The van der Waals surface area contributed by atoms with Gasteiger partial charge in [-0.2, -0.15) is 0 Å². The molecule has 0 saturated carbocycles. The minimum absolute atomic E-state index is 0.317. The molecule has 64 valence electrons. The molecule has 0 rings (SSSR count). The van der Waals surface area contributed by atoms with Gasteiger partial charge in [-0.05, 0) is 36.0 Å². The lowest BCUT2D eigenvalue weighted by atomic mass is 10.4.